The number of ketones is 2. The van der Waals surface area contributed by atoms with Crippen LogP contribution in [0.15, 0.2) is 30.3 Å². The largest absolute Gasteiger partial charge is 0.463 e. The number of unbranched alkanes of at least 4 members (excludes halogenated alkanes) is 2. The Morgan fingerprint density at radius 2 is 1.24 bits per heavy atom. The minimum atomic E-state index is -1.00. The van der Waals surface area contributed by atoms with Crippen LogP contribution in [-0.4, -0.2) is 109 Å². The van der Waals surface area contributed by atoms with E-state index in [2.05, 4.69) is 84.1 Å². The van der Waals surface area contributed by atoms with E-state index in [9.17, 15) is 14.0 Å². The van der Waals surface area contributed by atoms with Gasteiger partial charge in [0.05, 0.1) is 34.8 Å². The number of rotatable bonds is 16. The lowest BCUT2D eigenvalue weighted by Crippen LogP contribution is -2.39. The highest BCUT2D eigenvalue weighted by molar-refractivity contribution is 5.91. The van der Waals surface area contributed by atoms with Crippen LogP contribution in [0.5, 0.6) is 12.0 Å². The van der Waals surface area contributed by atoms with E-state index in [1.807, 2.05) is 0 Å². The third-order valence-corrected chi connectivity index (χ3v) is 11.6. The molecule has 4 aliphatic rings. The number of benzene rings is 1. The molecule has 2 fully saturated rings. The van der Waals surface area contributed by atoms with Crippen molar-refractivity contribution in [3.8, 4) is 12.0 Å². The van der Waals surface area contributed by atoms with Crippen LogP contribution in [0.2, 0.25) is 0 Å². The zero-order chi connectivity index (χ0) is 42.7. The number of alkyl halides is 1. The number of halogens is 1. The van der Waals surface area contributed by atoms with Gasteiger partial charge in [-0.05, 0) is 94.9 Å². The molecule has 14 nitrogen and oxygen atoms in total. The van der Waals surface area contributed by atoms with Crippen molar-refractivity contribution < 1.29 is 24.8 Å². The monoisotopic (exact) mass is 820 g/mol. The van der Waals surface area contributed by atoms with E-state index < -0.39 is 7.15 Å². The number of aromatic nitrogens is 4. The molecule has 1 aromatic carbocycles. The number of carbonyl (C=O) groups excluding carboxylic acids is 2. The number of piperidine rings is 2. The maximum Gasteiger partial charge on any atom is 0.320 e. The summed E-state index contributed by atoms with van der Waals surface area (Å²) in [5.41, 5.74) is 15.1. The summed E-state index contributed by atoms with van der Waals surface area (Å²) in [6, 6.07) is 11.3. The summed E-state index contributed by atoms with van der Waals surface area (Å²) in [5, 5.41) is 3.39. The van der Waals surface area contributed by atoms with Gasteiger partial charge in [0, 0.05) is 43.6 Å². The van der Waals surface area contributed by atoms with Crippen LogP contribution in [-0.2, 0) is 29.0 Å². The van der Waals surface area contributed by atoms with Gasteiger partial charge in [-0.15, -0.1) is 0 Å². The zero-order valence-corrected chi connectivity index (χ0v) is 35.3. The van der Waals surface area contributed by atoms with E-state index in [4.69, 9.17) is 22.3 Å². The summed E-state index contributed by atoms with van der Waals surface area (Å²) < 4.78 is 26.8. The Labute approximate surface area is 351 Å². The highest BCUT2D eigenvalue weighted by Gasteiger charge is 2.30. The van der Waals surface area contributed by atoms with Crippen LogP contribution >= 0.6 is 0 Å². The average molecular weight is 820 g/mol. The molecule has 4 aliphatic heterocycles. The van der Waals surface area contributed by atoms with Gasteiger partial charge in [-0.1, -0.05) is 57.0 Å². The molecule has 2 aromatic heterocycles. The van der Waals surface area contributed by atoms with Gasteiger partial charge >= 0.3 is 12.0 Å². The summed E-state index contributed by atoms with van der Waals surface area (Å²) in [5.74, 6) is 4.03. The molecule has 0 amide bonds. The van der Waals surface area contributed by atoms with Crippen molar-refractivity contribution in [2.75, 3.05) is 94.0 Å². The van der Waals surface area contributed by atoms with Gasteiger partial charge < -0.3 is 36.1 Å². The molecule has 0 atom stereocenters. The second-order valence-electron chi connectivity index (χ2n) is 16.0. The summed E-state index contributed by atoms with van der Waals surface area (Å²) in [7, 11) is -1.00. The van der Waals surface area contributed by atoms with Crippen molar-refractivity contribution in [1.29, 1.82) is 0 Å². The number of anilines is 4. The third kappa shape index (κ3) is 13.7. The molecular weight excluding hydrogens is 752 g/mol. The van der Waals surface area contributed by atoms with Gasteiger partial charge in [0.2, 0.25) is 0 Å². The molecule has 15 heteroatoms. The Bertz CT molecular complexity index is 1780. The predicted molar refractivity (Wildman–Crippen MR) is 232 cm³/mol. The second kappa shape index (κ2) is 23.8. The molecule has 5 N–H and O–H groups in total. The van der Waals surface area contributed by atoms with Crippen molar-refractivity contribution in [2.24, 2.45) is 11.8 Å². The number of hydrogen-bond donors (Lipinski definition) is 3. The molecule has 0 saturated carbocycles. The molecule has 0 radical (unpaired) electrons. The number of nitrogens with one attached hydrogen (secondary N) is 1. The fraction of sp³-hybridized carbons (Fsp3) is 0.636. The first-order chi connectivity index (χ1) is 29.2. The van der Waals surface area contributed by atoms with Crippen molar-refractivity contribution in [3.05, 3.63) is 47.0 Å². The van der Waals surface area contributed by atoms with E-state index in [1.165, 1.54) is 31.2 Å². The second-order valence-corrected chi connectivity index (χ2v) is 16.0. The SMILES string of the molecule is CCCCOc1nc(N)c2c(n1)N(CCC1CCN(Cc3ccccc3)CC1)CC(=O)C2.CCCCOc1nc(N)c2c(n1)N(CCC1CCNCC1)CC(=O)C2.[2H]CF. The van der Waals surface area contributed by atoms with Gasteiger partial charge in [-0.25, -0.2) is 0 Å². The fourth-order valence-electron chi connectivity index (χ4n) is 8.12. The van der Waals surface area contributed by atoms with Gasteiger partial charge in [0.25, 0.3) is 0 Å². The lowest BCUT2D eigenvalue weighted by atomic mass is 9.92. The quantitative estimate of drug-likeness (QED) is 0.152. The molecule has 2 saturated heterocycles. The highest BCUT2D eigenvalue weighted by atomic mass is 19.1. The van der Waals surface area contributed by atoms with Crippen LogP contribution in [0, 0.1) is 11.8 Å². The van der Waals surface area contributed by atoms with Crippen molar-refractivity contribution in [3.63, 3.8) is 0 Å². The number of nitrogens with two attached hydrogens (primary N) is 2. The maximum atomic E-state index is 12.4. The van der Waals surface area contributed by atoms with Crippen LogP contribution < -0.4 is 36.1 Å². The van der Waals surface area contributed by atoms with Gasteiger partial charge in [0.15, 0.2) is 11.6 Å². The Morgan fingerprint density at radius 1 is 0.763 bits per heavy atom. The number of nitrogen functional groups attached to an aromatic ring is 2. The molecule has 0 bridgehead atoms. The normalized spacial score (nSPS) is 17.5. The van der Waals surface area contributed by atoms with E-state index in [0.29, 0.717) is 74.6 Å². The fourth-order valence-corrected chi connectivity index (χ4v) is 8.12. The summed E-state index contributed by atoms with van der Waals surface area (Å²) in [6.07, 6.45) is 11.6. The molecule has 3 aromatic rings. The number of hydrogen-bond acceptors (Lipinski definition) is 14. The standard InChI is InChI=1S/C25H35N5O2.C18H29N5O2.CH3F/c1-2-3-15-32-25-27-23(26)22-16-21(31)18-30(24(22)28-25)14-11-19-9-12-29(13-10-19)17-20-7-5-4-6-8-20;1-2-3-10-25-18-21-16(19)15-11-14(24)12-23(17(15)22-18)9-6-13-4-7-20-8-5-13;1-2/h4-8,19H,2-3,9-18H2,1H3,(H2,26,27,28);13,20H,2-12H2,1H3,(H2,19,21,22);1H3/i;;1D. The van der Waals surface area contributed by atoms with Crippen LogP contribution in [0.3, 0.4) is 0 Å². The van der Waals surface area contributed by atoms with Gasteiger partial charge in [-0.3, -0.25) is 18.9 Å². The predicted octanol–water partition coefficient (Wildman–Crippen LogP) is 5.62. The molecule has 0 aliphatic carbocycles. The third-order valence-electron chi connectivity index (χ3n) is 11.6. The first kappa shape index (κ1) is 43.9. The molecule has 0 spiro atoms. The lowest BCUT2D eigenvalue weighted by Gasteiger charge is -2.34. The molecule has 0 unspecified atom stereocenters. The minimum Gasteiger partial charge on any atom is -0.463 e. The zero-order valence-electron chi connectivity index (χ0n) is 36.3. The van der Waals surface area contributed by atoms with E-state index in [-0.39, 0.29) is 11.6 Å². The van der Waals surface area contributed by atoms with Crippen LogP contribution in [0.4, 0.5) is 27.7 Å². The van der Waals surface area contributed by atoms with Crippen LogP contribution in [0.1, 0.15) is 96.1 Å². The smallest absolute Gasteiger partial charge is 0.320 e. The molecule has 59 heavy (non-hydrogen) atoms. The highest BCUT2D eigenvalue weighted by Crippen LogP contribution is 2.32. The van der Waals surface area contributed by atoms with E-state index >= 15 is 0 Å². The Kier molecular flexibility index (Phi) is 17.7. The van der Waals surface area contributed by atoms with Crippen LogP contribution in [0.25, 0.3) is 0 Å². The van der Waals surface area contributed by atoms with Gasteiger partial charge in [-0.2, -0.15) is 19.9 Å². The summed E-state index contributed by atoms with van der Waals surface area (Å²) >= 11 is 0. The van der Waals surface area contributed by atoms with Crippen molar-refractivity contribution in [2.45, 2.75) is 97.4 Å². The molecule has 7 rings (SSSR count). The number of ether oxygens (including phenoxy) is 2. The number of carbonyl (C=O) groups is 2. The number of fused-ring (bicyclic) bond motifs is 2. The minimum absolute atomic E-state index is 0.171. The topological polar surface area (TPSA) is 178 Å². The molecule has 324 valence electrons. The first-order valence-electron chi connectivity index (χ1n) is 22.4. The van der Waals surface area contributed by atoms with Crippen molar-refractivity contribution >= 4 is 34.8 Å². The Balaban J connectivity index is 0.000000219. The number of Topliss-reactive ketones (excluding diaryl/α,β-unsaturated/α-hetero) is 2. The number of likely N-dealkylation sites (tertiary alicyclic amines) is 1. The summed E-state index contributed by atoms with van der Waals surface area (Å²) in [4.78, 5) is 48.9. The maximum absolute atomic E-state index is 12.4. The first-order valence-corrected chi connectivity index (χ1v) is 21.6. The molecular formula is C44H67FN10O4. The number of nitrogens with zero attached hydrogens (tertiary/aromatic N) is 7. The Hall–Kier alpha value is -4.63. The lowest BCUT2D eigenvalue weighted by molar-refractivity contribution is -0.118. The molecule has 6 heterocycles. The Morgan fingerprint density at radius 3 is 1.71 bits per heavy atom. The average Bonchev–Trinajstić information content (AvgIpc) is 3.25. The van der Waals surface area contributed by atoms with Gasteiger partial charge in [0.1, 0.15) is 23.3 Å². The van der Waals surface area contributed by atoms with Crippen molar-refractivity contribution in [1.82, 2.24) is 30.2 Å². The van der Waals surface area contributed by atoms with E-state index in [0.717, 1.165) is 107 Å². The van der Waals surface area contributed by atoms with E-state index in [1.54, 1.807) is 0 Å². The summed E-state index contributed by atoms with van der Waals surface area (Å²) in [6.45, 7) is 13.3.